The average molecular weight is 509 g/mol. The van der Waals surface area contributed by atoms with Gasteiger partial charge in [-0.05, 0) is 49.4 Å². The van der Waals surface area contributed by atoms with Gasteiger partial charge in [0.1, 0.15) is 5.75 Å². The number of amides is 2. The minimum absolute atomic E-state index is 0.0788. The summed E-state index contributed by atoms with van der Waals surface area (Å²) >= 11 is 2.75. The van der Waals surface area contributed by atoms with Crippen LogP contribution in [0.25, 0.3) is 10.2 Å². The first-order chi connectivity index (χ1) is 16.9. The fourth-order valence-corrected chi connectivity index (χ4v) is 5.05. The summed E-state index contributed by atoms with van der Waals surface area (Å²) in [5, 5.41) is 16.4. The van der Waals surface area contributed by atoms with Crippen molar-refractivity contribution in [2.45, 2.75) is 11.3 Å². The number of benzene rings is 3. The van der Waals surface area contributed by atoms with E-state index in [0.717, 1.165) is 14.6 Å². The number of anilines is 2. The molecule has 11 heteroatoms. The molecule has 2 amide bonds. The summed E-state index contributed by atoms with van der Waals surface area (Å²) in [6.45, 7) is 2.39. The van der Waals surface area contributed by atoms with Crippen molar-refractivity contribution in [2.24, 2.45) is 0 Å². The van der Waals surface area contributed by atoms with Crippen LogP contribution < -0.4 is 15.4 Å². The Hall–Kier alpha value is -3.96. The third kappa shape index (κ3) is 6.14. The van der Waals surface area contributed by atoms with Crippen molar-refractivity contribution in [3.05, 3.63) is 82.4 Å². The van der Waals surface area contributed by atoms with E-state index >= 15 is 0 Å². The number of ether oxygens (including phenoxy) is 1. The molecule has 0 fully saturated rings. The van der Waals surface area contributed by atoms with E-state index in [1.165, 1.54) is 47.4 Å². The molecule has 0 unspecified atom stereocenters. The second-order valence-corrected chi connectivity index (χ2v) is 9.44. The zero-order valence-corrected chi connectivity index (χ0v) is 20.2. The van der Waals surface area contributed by atoms with Crippen LogP contribution in [0.1, 0.15) is 17.3 Å². The molecule has 4 aromatic rings. The van der Waals surface area contributed by atoms with Gasteiger partial charge in [-0.3, -0.25) is 19.7 Å². The maximum Gasteiger partial charge on any atom is 0.269 e. The van der Waals surface area contributed by atoms with Gasteiger partial charge < -0.3 is 15.4 Å². The van der Waals surface area contributed by atoms with Gasteiger partial charge in [-0.1, -0.05) is 23.9 Å². The topological polar surface area (TPSA) is 123 Å². The Labute approximate surface area is 208 Å². The minimum atomic E-state index is -0.515. The van der Waals surface area contributed by atoms with Gasteiger partial charge in [0.15, 0.2) is 4.34 Å². The Kier molecular flexibility index (Phi) is 7.58. The molecule has 1 aromatic heterocycles. The van der Waals surface area contributed by atoms with E-state index in [-0.39, 0.29) is 23.3 Å². The summed E-state index contributed by atoms with van der Waals surface area (Å²) in [7, 11) is 0. The van der Waals surface area contributed by atoms with Gasteiger partial charge in [0.25, 0.3) is 11.6 Å². The number of nitro benzene ring substituents is 1. The predicted octanol–water partition coefficient (Wildman–Crippen LogP) is 5.59. The Morgan fingerprint density at radius 3 is 2.60 bits per heavy atom. The third-order valence-electron chi connectivity index (χ3n) is 4.75. The van der Waals surface area contributed by atoms with Gasteiger partial charge in [-0.25, -0.2) is 4.98 Å². The molecule has 0 aliphatic heterocycles. The monoisotopic (exact) mass is 508 g/mol. The predicted molar refractivity (Wildman–Crippen MR) is 138 cm³/mol. The quantitative estimate of drug-likeness (QED) is 0.172. The number of nitrogens with one attached hydrogen (secondary N) is 2. The first-order valence-corrected chi connectivity index (χ1v) is 12.3. The Morgan fingerprint density at radius 2 is 1.86 bits per heavy atom. The Bertz CT molecular complexity index is 1390. The summed E-state index contributed by atoms with van der Waals surface area (Å²) in [6, 6.07) is 18.0. The van der Waals surface area contributed by atoms with E-state index in [9.17, 15) is 19.7 Å². The molecule has 4 rings (SSSR count). The molecule has 1 heterocycles. The van der Waals surface area contributed by atoms with Crippen LogP contribution in [0, 0.1) is 10.1 Å². The zero-order valence-electron chi connectivity index (χ0n) is 18.5. The lowest BCUT2D eigenvalue weighted by Crippen LogP contribution is -2.14. The number of para-hydroxylation sites is 2. The van der Waals surface area contributed by atoms with E-state index < -0.39 is 4.92 Å². The molecule has 0 saturated carbocycles. The summed E-state index contributed by atoms with van der Waals surface area (Å²) in [5.74, 6) is 0.265. The number of carbonyl (C=O) groups excluding carboxylic acids is 2. The van der Waals surface area contributed by atoms with Gasteiger partial charge in [0.05, 0.1) is 33.2 Å². The number of hydrogen-bond donors (Lipinski definition) is 2. The molecular formula is C24H20N4O5S2. The highest BCUT2D eigenvalue weighted by atomic mass is 32.2. The number of nitrogens with zero attached hydrogens (tertiary/aromatic N) is 2. The molecule has 0 aliphatic rings. The SMILES string of the molecule is CCOc1ccccc1NC(=O)CSc1nc2ccc(NC(=O)c3ccc([N+](=O)[O-])cc3)cc2s1. The number of thiazole rings is 1. The second kappa shape index (κ2) is 11.0. The van der Waals surface area contributed by atoms with Gasteiger partial charge in [-0.2, -0.15) is 0 Å². The summed E-state index contributed by atoms with van der Waals surface area (Å²) < 4.78 is 7.12. The van der Waals surface area contributed by atoms with Crippen LogP contribution in [0.4, 0.5) is 17.1 Å². The molecule has 178 valence electrons. The number of carbonyl (C=O) groups is 2. The number of nitro groups is 1. The number of rotatable bonds is 9. The second-order valence-electron chi connectivity index (χ2n) is 7.19. The van der Waals surface area contributed by atoms with Crippen molar-refractivity contribution in [2.75, 3.05) is 23.0 Å². The molecule has 2 N–H and O–H groups in total. The zero-order chi connectivity index (χ0) is 24.8. The minimum Gasteiger partial charge on any atom is -0.492 e. The lowest BCUT2D eigenvalue weighted by molar-refractivity contribution is -0.384. The molecular weight excluding hydrogens is 488 g/mol. The van der Waals surface area contributed by atoms with Crippen molar-refractivity contribution in [1.82, 2.24) is 4.98 Å². The van der Waals surface area contributed by atoms with Crippen LogP contribution in [0.15, 0.2) is 71.1 Å². The lowest BCUT2D eigenvalue weighted by atomic mass is 10.2. The van der Waals surface area contributed by atoms with E-state index in [2.05, 4.69) is 15.6 Å². The highest BCUT2D eigenvalue weighted by molar-refractivity contribution is 8.01. The molecule has 9 nitrogen and oxygen atoms in total. The van der Waals surface area contributed by atoms with Crippen molar-refractivity contribution in [3.63, 3.8) is 0 Å². The molecule has 3 aromatic carbocycles. The van der Waals surface area contributed by atoms with Crippen LogP contribution in [-0.2, 0) is 4.79 Å². The number of hydrogen-bond acceptors (Lipinski definition) is 8. The van der Waals surface area contributed by atoms with Gasteiger partial charge >= 0.3 is 0 Å². The number of aromatic nitrogens is 1. The first kappa shape index (κ1) is 24.2. The Balaban J connectivity index is 1.37. The molecule has 0 bridgehead atoms. The van der Waals surface area contributed by atoms with Crippen LogP contribution in [0.5, 0.6) is 5.75 Å². The van der Waals surface area contributed by atoms with Crippen molar-refractivity contribution in [1.29, 1.82) is 0 Å². The lowest BCUT2D eigenvalue weighted by Gasteiger charge is -2.10. The highest BCUT2D eigenvalue weighted by Crippen LogP contribution is 2.32. The fourth-order valence-electron chi connectivity index (χ4n) is 3.15. The Morgan fingerprint density at radius 1 is 1.09 bits per heavy atom. The van der Waals surface area contributed by atoms with Gasteiger partial charge in [-0.15, -0.1) is 11.3 Å². The maximum absolute atomic E-state index is 12.5. The molecule has 0 atom stereocenters. The highest BCUT2D eigenvalue weighted by Gasteiger charge is 2.13. The number of thioether (sulfide) groups is 1. The van der Waals surface area contributed by atoms with Crippen LogP contribution in [-0.4, -0.2) is 34.1 Å². The van der Waals surface area contributed by atoms with E-state index in [1.807, 2.05) is 19.1 Å². The largest absolute Gasteiger partial charge is 0.492 e. The standard InChI is InChI=1S/C24H20N4O5S2/c1-2-33-20-6-4-3-5-18(20)26-22(29)14-34-24-27-19-12-9-16(13-21(19)35-24)25-23(30)15-7-10-17(11-8-15)28(31)32/h3-13H,2,14H2,1H3,(H,25,30)(H,26,29). The summed E-state index contributed by atoms with van der Waals surface area (Å²) in [6.07, 6.45) is 0. The third-order valence-corrected chi connectivity index (χ3v) is 6.92. The summed E-state index contributed by atoms with van der Waals surface area (Å²) in [4.78, 5) is 39.7. The molecule has 0 aliphatic carbocycles. The van der Waals surface area contributed by atoms with Crippen molar-refractivity contribution in [3.8, 4) is 5.75 Å². The first-order valence-electron chi connectivity index (χ1n) is 10.5. The molecule has 0 radical (unpaired) electrons. The summed E-state index contributed by atoms with van der Waals surface area (Å²) in [5.41, 5.74) is 2.19. The van der Waals surface area contributed by atoms with Gasteiger partial charge in [0, 0.05) is 23.4 Å². The maximum atomic E-state index is 12.5. The van der Waals surface area contributed by atoms with Crippen LogP contribution in [0.2, 0.25) is 0 Å². The van der Waals surface area contributed by atoms with Gasteiger partial charge in [0.2, 0.25) is 5.91 Å². The van der Waals surface area contributed by atoms with Crippen LogP contribution in [0.3, 0.4) is 0 Å². The normalized spacial score (nSPS) is 10.7. The van der Waals surface area contributed by atoms with E-state index in [1.54, 1.807) is 30.3 Å². The number of non-ortho nitro benzene ring substituents is 1. The van der Waals surface area contributed by atoms with E-state index in [4.69, 9.17) is 4.74 Å². The smallest absolute Gasteiger partial charge is 0.269 e. The molecule has 35 heavy (non-hydrogen) atoms. The number of fused-ring (bicyclic) bond motifs is 1. The van der Waals surface area contributed by atoms with Crippen LogP contribution >= 0.6 is 23.1 Å². The molecule has 0 spiro atoms. The average Bonchev–Trinajstić information content (AvgIpc) is 3.26. The van der Waals surface area contributed by atoms with Crippen molar-refractivity contribution >= 4 is 62.2 Å². The molecule has 0 saturated heterocycles. The van der Waals surface area contributed by atoms with E-state index in [0.29, 0.717) is 29.3 Å². The van der Waals surface area contributed by atoms with Crippen molar-refractivity contribution < 1.29 is 19.2 Å². The fraction of sp³-hybridized carbons (Fsp3) is 0.125.